The van der Waals surface area contributed by atoms with Gasteiger partial charge in [-0.15, -0.1) is 0 Å². The predicted octanol–water partition coefficient (Wildman–Crippen LogP) is 1.61. The number of hydrogen-bond acceptors (Lipinski definition) is 5. The maximum Gasteiger partial charge on any atom is 0.270 e. The van der Waals surface area contributed by atoms with Crippen LogP contribution in [0.25, 0.3) is 0 Å². The fourth-order valence-electron chi connectivity index (χ4n) is 1.42. The molecule has 0 N–H and O–H groups in total. The van der Waals surface area contributed by atoms with Crippen molar-refractivity contribution in [3.05, 3.63) is 39.9 Å². The van der Waals surface area contributed by atoms with E-state index in [0.717, 1.165) is 0 Å². The highest BCUT2D eigenvalue weighted by Gasteiger charge is 2.22. The van der Waals surface area contributed by atoms with Crippen molar-refractivity contribution >= 4 is 11.4 Å². The van der Waals surface area contributed by atoms with Crippen LogP contribution in [0.5, 0.6) is 0 Å². The molecule has 1 aromatic carbocycles. The monoisotopic (exact) mass is 217 g/mol. The Balaban J connectivity index is 2.26. The molecule has 80 valence electrons. The van der Waals surface area contributed by atoms with Gasteiger partial charge in [-0.1, -0.05) is 17.3 Å². The Morgan fingerprint density at radius 1 is 1.62 bits per heavy atom. The molecule has 1 aliphatic heterocycles. The molecule has 0 bridgehead atoms. The minimum absolute atomic E-state index is 0.000563. The van der Waals surface area contributed by atoms with Crippen molar-refractivity contribution in [2.45, 2.75) is 12.5 Å². The van der Waals surface area contributed by atoms with Gasteiger partial charge in [-0.05, 0) is 0 Å². The van der Waals surface area contributed by atoms with Crippen molar-refractivity contribution in [3.63, 3.8) is 0 Å². The van der Waals surface area contributed by atoms with Gasteiger partial charge in [0.1, 0.15) is 6.07 Å². The summed E-state index contributed by atoms with van der Waals surface area (Å²) in [7, 11) is 0. The first kappa shape index (κ1) is 10.1. The first-order valence-corrected chi connectivity index (χ1v) is 4.58. The molecule has 0 radical (unpaired) electrons. The summed E-state index contributed by atoms with van der Waals surface area (Å²) in [4.78, 5) is 14.9. The average molecular weight is 217 g/mol. The first-order chi connectivity index (χ1) is 7.70. The van der Waals surface area contributed by atoms with Gasteiger partial charge in [0, 0.05) is 24.1 Å². The maximum absolute atomic E-state index is 10.6. The van der Waals surface area contributed by atoms with E-state index in [2.05, 4.69) is 5.16 Å². The van der Waals surface area contributed by atoms with Crippen LogP contribution >= 0.6 is 0 Å². The molecule has 0 aromatic heterocycles. The van der Waals surface area contributed by atoms with Crippen LogP contribution in [-0.2, 0) is 4.84 Å². The summed E-state index contributed by atoms with van der Waals surface area (Å²) < 4.78 is 0. The maximum atomic E-state index is 10.6. The molecule has 6 heteroatoms. The molecule has 1 unspecified atom stereocenters. The number of nitrogens with zero attached hydrogens (tertiary/aromatic N) is 3. The van der Waals surface area contributed by atoms with Crippen LogP contribution in [0.2, 0.25) is 0 Å². The summed E-state index contributed by atoms with van der Waals surface area (Å²) in [5.74, 6) is 0. The quantitative estimate of drug-likeness (QED) is 0.556. The second-order valence-corrected chi connectivity index (χ2v) is 3.27. The second-order valence-electron chi connectivity index (χ2n) is 3.27. The van der Waals surface area contributed by atoms with E-state index in [1.807, 2.05) is 6.07 Å². The highest BCUT2D eigenvalue weighted by molar-refractivity contribution is 6.01. The van der Waals surface area contributed by atoms with Crippen LogP contribution in [0.4, 0.5) is 5.69 Å². The number of nitro benzene ring substituents is 1. The van der Waals surface area contributed by atoms with Crippen LogP contribution in [-0.4, -0.2) is 16.7 Å². The summed E-state index contributed by atoms with van der Waals surface area (Å²) in [5.41, 5.74) is 1.18. The highest BCUT2D eigenvalue weighted by Crippen LogP contribution is 2.19. The second kappa shape index (κ2) is 3.98. The number of hydrogen-bond donors (Lipinski definition) is 0. The zero-order valence-corrected chi connectivity index (χ0v) is 8.16. The molecule has 1 aromatic rings. The molecular formula is C10H7N3O3. The molecule has 0 aliphatic carbocycles. The van der Waals surface area contributed by atoms with Crippen LogP contribution in [0, 0.1) is 21.4 Å². The van der Waals surface area contributed by atoms with E-state index in [4.69, 9.17) is 10.1 Å². The number of benzene rings is 1. The van der Waals surface area contributed by atoms with Gasteiger partial charge in [0.25, 0.3) is 5.69 Å². The molecule has 1 aliphatic rings. The molecule has 1 atom stereocenters. The van der Waals surface area contributed by atoms with Crippen molar-refractivity contribution in [2.75, 3.05) is 0 Å². The van der Waals surface area contributed by atoms with Crippen molar-refractivity contribution in [1.82, 2.24) is 0 Å². The first-order valence-electron chi connectivity index (χ1n) is 4.58. The van der Waals surface area contributed by atoms with Gasteiger partial charge < -0.3 is 4.84 Å². The third-order valence-electron chi connectivity index (χ3n) is 2.20. The van der Waals surface area contributed by atoms with E-state index >= 15 is 0 Å². The minimum Gasteiger partial charge on any atom is -0.376 e. The third kappa shape index (κ3) is 1.83. The van der Waals surface area contributed by atoms with Crippen molar-refractivity contribution in [1.29, 1.82) is 5.26 Å². The molecular weight excluding hydrogens is 210 g/mol. The lowest BCUT2D eigenvalue weighted by atomic mass is 10.1. The van der Waals surface area contributed by atoms with Crippen molar-refractivity contribution < 1.29 is 9.76 Å². The lowest BCUT2D eigenvalue weighted by Gasteiger charge is -1.97. The largest absolute Gasteiger partial charge is 0.376 e. The van der Waals surface area contributed by atoms with E-state index in [0.29, 0.717) is 17.7 Å². The normalized spacial score (nSPS) is 18.4. The average Bonchev–Trinajstić information content (AvgIpc) is 2.77. The van der Waals surface area contributed by atoms with Gasteiger partial charge in [0.2, 0.25) is 6.10 Å². The predicted molar refractivity (Wildman–Crippen MR) is 54.7 cm³/mol. The SMILES string of the molecule is N#CC1CC(c2cccc([N+](=O)[O-])c2)=NO1. The number of non-ortho nitro benzene ring substituents is 1. The lowest BCUT2D eigenvalue weighted by Crippen LogP contribution is -2.05. The fourth-order valence-corrected chi connectivity index (χ4v) is 1.42. The molecule has 0 saturated heterocycles. The fraction of sp³-hybridized carbons (Fsp3) is 0.200. The summed E-state index contributed by atoms with van der Waals surface area (Å²) in [6, 6.07) is 8.04. The zero-order chi connectivity index (χ0) is 11.5. The molecule has 0 fully saturated rings. The Hall–Kier alpha value is -2.42. The zero-order valence-electron chi connectivity index (χ0n) is 8.16. The summed E-state index contributed by atoms with van der Waals surface area (Å²) in [5, 5.41) is 22.9. The smallest absolute Gasteiger partial charge is 0.270 e. The van der Waals surface area contributed by atoms with E-state index in [-0.39, 0.29) is 5.69 Å². The van der Waals surface area contributed by atoms with Gasteiger partial charge in [-0.2, -0.15) is 5.26 Å². The van der Waals surface area contributed by atoms with Gasteiger partial charge in [0.15, 0.2) is 0 Å². The third-order valence-corrected chi connectivity index (χ3v) is 2.20. The van der Waals surface area contributed by atoms with Crippen LogP contribution < -0.4 is 0 Å². The van der Waals surface area contributed by atoms with Crippen LogP contribution in [0.15, 0.2) is 29.4 Å². The summed E-state index contributed by atoms with van der Waals surface area (Å²) >= 11 is 0. The highest BCUT2D eigenvalue weighted by atomic mass is 16.6. The molecule has 1 heterocycles. The van der Waals surface area contributed by atoms with E-state index < -0.39 is 11.0 Å². The molecule has 0 spiro atoms. The van der Waals surface area contributed by atoms with E-state index in [1.54, 1.807) is 12.1 Å². The molecule has 16 heavy (non-hydrogen) atoms. The van der Waals surface area contributed by atoms with E-state index in [1.165, 1.54) is 12.1 Å². The van der Waals surface area contributed by atoms with E-state index in [9.17, 15) is 10.1 Å². The molecule has 6 nitrogen and oxygen atoms in total. The Kier molecular flexibility index (Phi) is 2.52. The van der Waals surface area contributed by atoms with Gasteiger partial charge >= 0.3 is 0 Å². The number of oxime groups is 1. The Morgan fingerprint density at radius 3 is 3.06 bits per heavy atom. The Bertz CT molecular complexity index is 504. The summed E-state index contributed by atoms with van der Waals surface area (Å²) in [6.45, 7) is 0. The van der Waals surface area contributed by atoms with Crippen LogP contribution in [0.3, 0.4) is 0 Å². The van der Waals surface area contributed by atoms with Gasteiger partial charge in [-0.25, -0.2) is 0 Å². The number of rotatable bonds is 2. The van der Waals surface area contributed by atoms with Crippen molar-refractivity contribution in [3.8, 4) is 6.07 Å². The van der Waals surface area contributed by atoms with Gasteiger partial charge in [-0.3, -0.25) is 10.1 Å². The van der Waals surface area contributed by atoms with Crippen molar-refractivity contribution in [2.24, 2.45) is 5.16 Å². The number of nitriles is 1. The van der Waals surface area contributed by atoms with Crippen LogP contribution in [0.1, 0.15) is 12.0 Å². The summed E-state index contributed by atoms with van der Waals surface area (Å²) in [6.07, 6.45) is -0.230. The minimum atomic E-state index is -0.589. The van der Waals surface area contributed by atoms with Gasteiger partial charge in [0.05, 0.1) is 10.6 Å². The molecule has 0 saturated carbocycles. The Morgan fingerprint density at radius 2 is 2.44 bits per heavy atom. The standard InChI is InChI=1S/C10H7N3O3/c11-6-9-5-10(12-16-9)7-2-1-3-8(4-7)13(14)15/h1-4,9H,5H2. The Labute approximate surface area is 90.9 Å². The lowest BCUT2D eigenvalue weighted by molar-refractivity contribution is -0.384. The molecule has 0 amide bonds. The molecule has 2 rings (SSSR count). The number of nitro groups is 1. The topological polar surface area (TPSA) is 88.5 Å².